The van der Waals surface area contributed by atoms with Crippen LogP contribution in [0.1, 0.15) is 11.1 Å². The average Bonchev–Trinajstić information content (AvgIpc) is 2.61. The number of hydrogen-bond acceptors (Lipinski definition) is 2. The Kier molecular flexibility index (Phi) is 2.55. The maximum absolute atomic E-state index is 5.34. The molecule has 2 aromatic rings. The van der Waals surface area contributed by atoms with Crippen molar-refractivity contribution in [3.63, 3.8) is 0 Å². The molecule has 1 aromatic heterocycles. The normalized spacial score (nSPS) is 11.0. The number of fused-ring (bicyclic) bond motifs is 1. The maximum atomic E-state index is 5.34. The van der Waals surface area contributed by atoms with Crippen LogP contribution in [-0.4, -0.2) is 13.6 Å². The lowest BCUT2D eigenvalue weighted by Crippen LogP contribution is -2.10. The molecule has 0 aliphatic rings. The van der Waals surface area contributed by atoms with E-state index in [1.807, 2.05) is 13.1 Å². The Labute approximate surface area is 83.9 Å². The first kappa shape index (κ1) is 9.28. The molecule has 0 unspecified atom stereocenters. The molecule has 0 amide bonds. The van der Waals surface area contributed by atoms with Gasteiger partial charge in [0.15, 0.2) is 0 Å². The van der Waals surface area contributed by atoms with Crippen LogP contribution >= 0.6 is 0 Å². The van der Waals surface area contributed by atoms with E-state index in [-0.39, 0.29) is 0 Å². The smallest absolute Gasteiger partial charge is 0.134 e. The molecule has 14 heavy (non-hydrogen) atoms. The highest BCUT2D eigenvalue weighted by Crippen LogP contribution is 2.20. The molecule has 0 saturated carbocycles. The lowest BCUT2D eigenvalue weighted by molar-refractivity contribution is 0.615. The molecular weight excluding hydrogens is 174 g/mol. The van der Waals surface area contributed by atoms with E-state index in [1.54, 1.807) is 6.26 Å². The Morgan fingerprint density at radius 1 is 1.36 bits per heavy atom. The number of aryl methyl sites for hydroxylation is 1. The van der Waals surface area contributed by atoms with Gasteiger partial charge in [0, 0.05) is 5.39 Å². The summed E-state index contributed by atoms with van der Waals surface area (Å²) in [6.45, 7) is 3.15. The molecule has 74 valence electrons. The van der Waals surface area contributed by atoms with Crippen molar-refractivity contribution < 1.29 is 4.42 Å². The van der Waals surface area contributed by atoms with Crippen molar-refractivity contribution in [3.05, 3.63) is 35.6 Å². The number of hydrogen-bond donors (Lipinski definition) is 1. The molecule has 2 rings (SSSR count). The van der Waals surface area contributed by atoms with Gasteiger partial charge in [-0.15, -0.1) is 0 Å². The van der Waals surface area contributed by atoms with E-state index in [0.29, 0.717) is 0 Å². The minimum absolute atomic E-state index is 0.982. The molecule has 0 aliphatic heterocycles. The fourth-order valence-corrected chi connectivity index (χ4v) is 1.69. The molecule has 0 saturated heterocycles. The zero-order valence-corrected chi connectivity index (χ0v) is 8.63. The van der Waals surface area contributed by atoms with Gasteiger partial charge in [0.05, 0.1) is 6.26 Å². The largest absolute Gasteiger partial charge is 0.464 e. The van der Waals surface area contributed by atoms with Crippen LogP contribution in [0.25, 0.3) is 11.0 Å². The standard InChI is InChI=1S/C12H15NO/c1-9-7-12-11(4-6-14-12)8-10(9)3-5-13-2/h4,6-8,13H,3,5H2,1-2H3. The van der Waals surface area contributed by atoms with E-state index < -0.39 is 0 Å². The number of benzene rings is 1. The molecule has 0 bridgehead atoms. The lowest BCUT2D eigenvalue weighted by atomic mass is 10.0. The zero-order valence-electron chi connectivity index (χ0n) is 8.63. The molecule has 1 heterocycles. The summed E-state index contributed by atoms with van der Waals surface area (Å²) >= 11 is 0. The van der Waals surface area contributed by atoms with Crippen molar-refractivity contribution in [2.45, 2.75) is 13.3 Å². The molecule has 2 nitrogen and oxygen atoms in total. The highest BCUT2D eigenvalue weighted by molar-refractivity contribution is 5.78. The highest BCUT2D eigenvalue weighted by Gasteiger charge is 2.02. The second kappa shape index (κ2) is 3.84. The fraction of sp³-hybridized carbons (Fsp3) is 0.333. The van der Waals surface area contributed by atoms with Gasteiger partial charge in [-0.25, -0.2) is 0 Å². The van der Waals surface area contributed by atoms with E-state index in [1.165, 1.54) is 16.5 Å². The molecule has 0 fully saturated rings. The van der Waals surface area contributed by atoms with Crippen LogP contribution in [-0.2, 0) is 6.42 Å². The van der Waals surface area contributed by atoms with Gasteiger partial charge >= 0.3 is 0 Å². The van der Waals surface area contributed by atoms with Crippen LogP contribution in [0, 0.1) is 6.92 Å². The van der Waals surface area contributed by atoms with E-state index >= 15 is 0 Å². The van der Waals surface area contributed by atoms with E-state index in [0.717, 1.165) is 18.5 Å². The minimum Gasteiger partial charge on any atom is -0.464 e. The lowest BCUT2D eigenvalue weighted by Gasteiger charge is -2.05. The Morgan fingerprint density at radius 3 is 3.00 bits per heavy atom. The second-order valence-corrected chi connectivity index (χ2v) is 3.59. The van der Waals surface area contributed by atoms with Crippen LogP contribution in [0.2, 0.25) is 0 Å². The summed E-state index contributed by atoms with van der Waals surface area (Å²) in [5.41, 5.74) is 3.69. The molecule has 0 radical (unpaired) electrons. The van der Waals surface area contributed by atoms with Crippen molar-refractivity contribution >= 4 is 11.0 Å². The first-order valence-corrected chi connectivity index (χ1v) is 4.92. The number of nitrogens with one attached hydrogen (secondary N) is 1. The van der Waals surface area contributed by atoms with Crippen molar-refractivity contribution in [3.8, 4) is 0 Å². The van der Waals surface area contributed by atoms with Gasteiger partial charge in [0.2, 0.25) is 0 Å². The minimum atomic E-state index is 0.982. The summed E-state index contributed by atoms with van der Waals surface area (Å²) in [6.07, 6.45) is 2.81. The van der Waals surface area contributed by atoms with E-state index in [4.69, 9.17) is 4.42 Å². The Balaban J connectivity index is 2.38. The van der Waals surface area contributed by atoms with Crippen LogP contribution in [0.4, 0.5) is 0 Å². The monoisotopic (exact) mass is 189 g/mol. The Bertz CT molecular complexity index is 431. The Hall–Kier alpha value is -1.28. The summed E-state index contributed by atoms with van der Waals surface area (Å²) in [4.78, 5) is 0. The van der Waals surface area contributed by atoms with Crippen LogP contribution in [0.15, 0.2) is 28.9 Å². The summed E-state index contributed by atoms with van der Waals surface area (Å²) < 4.78 is 5.34. The molecule has 0 spiro atoms. The van der Waals surface area contributed by atoms with Gasteiger partial charge in [-0.1, -0.05) is 0 Å². The van der Waals surface area contributed by atoms with Crippen molar-refractivity contribution in [2.75, 3.05) is 13.6 Å². The van der Waals surface area contributed by atoms with Crippen molar-refractivity contribution in [1.29, 1.82) is 0 Å². The first-order valence-electron chi connectivity index (χ1n) is 4.92. The SMILES string of the molecule is CNCCc1cc2ccoc2cc1C. The van der Waals surface area contributed by atoms with Gasteiger partial charge in [-0.2, -0.15) is 0 Å². The van der Waals surface area contributed by atoms with Crippen LogP contribution in [0.3, 0.4) is 0 Å². The topological polar surface area (TPSA) is 25.2 Å². The Morgan fingerprint density at radius 2 is 2.21 bits per heavy atom. The summed E-state index contributed by atoms with van der Waals surface area (Å²) in [5, 5.41) is 4.36. The number of furan rings is 1. The third kappa shape index (κ3) is 1.66. The molecule has 2 heteroatoms. The summed E-state index contributed by atoms with van der Waals surface area (Å²) in [6, 6.07) is 6.34. The van der Waals surface area contributed by atoms with E-state index in [9.17, 15) is 0 Å². The highest BCUT2D eigenvalue weighted by atomic mass is 16.3. The molecular formula is C12H15NO. The molecule has 1 aromatic carbocycles. The van der Waals surface area contributed by atoms with Gasteiger partial charge < -0.3 is 9.73 Å². The molecule has 0 atom stereocenters. The van der Waals surface area contributed by atoms with Crippen LogP contribution < -0.4 is 5.32 Å². The maximum Gasteiger partial charge on any atom is 0.134 e. The number of rotatable bonds is 3. The third-order valence-corrected chi connectivity index (χ3v) is 2.56. The van der Waals surface area contributed by atoms with Crippen molar-refractivity contribution in [2.24, 2.45) is 0 Å². The van der Waals surface area contributed by atoms with E-state index in [2.05, 4.69) is 24.4 Å². The second-order valence-electron chi connectivity index (χ2n) is 3.59. The molecule has 0 aliphatic carbocycles. The van der Waals surface area contributed by atoms with Crippen molar-refractivity contribution in [1.82, 2.24) is 5.32 Å². The summed E-state index contributed by atoms with van der Waals surface area (Å²) in [7, 11) is 1.98. The molecule has 1 N–H and O–H groups in total. The van der Waals surface area contributed by atoms with Gasteiger partial charge in [0.1, 0.15) is 5.58 Å². The number of likely N-dealkylation sites (N-methyl/N-ethyl adjacent to an activating group) is 1. The predicted octanol–water partition coefficient (Wildman–Crippen LogP) is 2.50. The van der Waals surface area contributed by atoms with Gasteiger partial charge in [-0.3, -0.25) is 0 Å². The van der Waals surface area contributed by atoms with Gasteiger partial charge in [0.25, 0.3) is 0 Å². The summed E-state index contributed by atoms with van der Waals surface area (Å²) in [5.74, 6) is 0. The third-order valence-electron chi connectivity index (χ3n) is 2.56. The van der Waals surface area contributed by atoms with Gasteiger partial charge in [-0.05, 0) is 56.3 Å². The first-order chi connectivity index (χ1) is 6.81. The zero-order chi connectivity index (χ0) is 9.97. The van der Waals surface area contributed by atoms with Crippen LogP contribution in [0.5, 0.6) is 0 Å². The predicted molar refractivity (Wildman–Crippen MR) is 58.6 cm³/mol. The average molecular weight is 189 g/mol. The fourth-order valence-electron chi connectivity index (χ4n) is 1.69. The quantitative estimate of drug-likeness (QED) is 0.802.